The Labute approximate surface area is 248 Å². The number of carbonyl (C=O) groups excluding carboxylic acids is 2. The van der Waals surface area contributed by atoms with Crippen LogP contribution in [0.1, 0.15) is 43.2 Å². The van der Waals surface area contributed by atoms with Crippen LogP contribution in [-0.2, 0) is 27.3 Å². The Kier molecular flexibility index (Phi) is 9.08. The first-order chi connectivity index (χ1) is 20.3. The van der Waals surface area contributed by atoms with Crippen LogP contribution in [0.15, 0.2) is 60.7 Å². The van der Waals surface area contributed by atoms with Gasteiger partial charge in [-0.1, -0.05) is 36.4 Å². The molecule has 0 bridgehead atoms. The first kappa shape index (κ1) is 29.5. The molecule has 0 aliphatic carbocycles. The normalized spacial score (nSPS) is 18.9. The lowest BCUT2D eigenvalue weighted by Crippen LogP contribution is -2.60. The number of fused-ring (bicyclic) bond motifs is 1. The molecule has 42 heavy (non-hydrogen) atoms. The molecule has 2 amide bonds. The van der Waals surface area contributed by atoms with Gasteiger partial charge in [0.2, 0.25) is 11.8 Å². The molecule has 2 fully saturated rings. The van der Waals surface area contributed by atoms with E-state index >= 15 is 0 Å². The van der Waals surface area contributed by atoms with E-state index in [4.69, 9.17) is 15.9 Å². The molecule has 10 nitrogen and oxygen atoms in total. The number of carbonyl (C=O) groups is 2. The van der Waals surface area contributed by atoms with Gasteiger partial charge in [-0.05, 0) is 72.7 Å². The molecule has 0 aromatic heterocycles. The van der Waals surface area contributed by atoms with Crippen molar-refractivity contribution in [1.29, 1.82) is 5.41 Å². The second kappa shape index (κ2) is 12.9. The molecule has 3 atom stereocenters. The number of methoxy groups -OCH3 is 1. The summed E-state index contributed by atoms with van der Waals surface area (Å²) in [5, 5.41) is 9.37. The molecule has 2 aliphatic heterocycles. The van der Waals surface area contributed by atoms with Crippen LogP contribution in [0, 0.1) is 5.41 Å². The molecule has 2 heterocycles. The molecule has 3 N–H and O–H groups in total. The van der Waals surface area contributed by atoms with Crippen molar-refractivity contribution in [2.45, 2.75) is 50.6 Å². The minimum Gasteiger partial charge on any atom is -0.755 e. The number of nitrogens with two attached hydrogens (primary N) is 1. The molecule has 0 spiro atoms. The van der Waals surface area contributed by atoms with Crippen LogP contribution in [0.25, 0.3) is 10.8 Å². The van der Waals surface area contributed by atoms with E-state index in [9.17, 15) is 18.4 Å². The van der Waals surface area contributed by atoms with Gasteiger partial charge in [-0.25, -0.2) is 0 Å². The summed E-state index contributed by atoms with van der Waals surface area (Å²) in [6, 6.07) is 16.2. The van der Waals surface area contributed by atoms with Gasteiger partial charge in [-0.3, -0.25) is 23.5 Å². The van der Waals surface area contributed by atoms with Crippen molar-refractivity contribution >= 4 is 45.4 Å². The van der Waals surface area contributed by atoms with E-state index < -0.39 is 23.4 Å². The quantitative estimate of drug-likeness (QED) is 0.222. The predicted molar refractivity (Wildman–Crippen MR) is 162 cm³/mol. The van der Waals surface area contributed by atoms with Gasteiger partial charge in [0, 0.05) is 48.6 Å². The molecule has 0 radical (unpaired) electrons. The maximum absolute atomic E-state index is 14.1. The lowest BCUT2D eigenvalue weighted by atomic mass is 9.96. The predicted octanol–water partition coefficient (Wildman–Crippen LogP) is 3.35. The van der Waals surface area contributed by atoms with E-state index in [0.29, 0.717) is 49.5 Å². The van der Waals surface area contributed by atoms with Crippen LogP contribution in [0.4, 0.5) is 5.69 Å². The zero-order chi connectivity index (χ0) is 29.8. The van der Waals surface area contributed by atoms with Gasteiger partial charge in [0.15, 0.2) is 0 Å². The number of amides is 2. The second-order valence-electron chi connectivity index (χ2n) is 10.8. The fourth-order valence-electron chi connectivity index (χ4n) is 5.95. The van der Waals surface area contributed by atoms with Gasteiger partial charge in [0.05, 0.1) is 7.11 Å². The molecule has 5 rings (SSSR count). The third kappa shape index (κ3) is 6.27. The molecule has 3 aromatic carbocycles. The Hall–Kier alpha value is -3.96. The van der Waals surface area contributed by atoms with Gasteiger partial charge < -0.3 is 24.8 Å². The first-order valence-corrected chi connectivity index (χ1v) is 15.3. The Morgan fingerprint density at radius 2 is 1.76 bits per heavy atom. The van der Waals surface area contributed by atoms with E-state index in [0.717, 1.165) is 39.9 Å². The number of benzene rings is 3. The van der Waals surface area contributed by atoms with E-state index in [1.807, 2.05) is 41.3 Å². The maximum atomic E-state index is 14.1. The van der Waals surface area contributed by atoms with E-state index in [1.54, 1.807) is 36.3 Å². The summed E-state index contributed by atoms with van der Waals surface area (Å²) in [6.07, 6.45) is 4.07. The largest absolute Gasteiger partial charge is 0.755 e. The number of rotatable bonds is 9. The number of amidine groups is 1. The number of hydrogen-bond donors (Lipinski definition) is 2. The SMILES string of the molecule is COc1ccc2ccc(N(C3CCCN(C(Cc4ccc(C(=N)N)cc4)C(=O)N4CCCCC4)C3=O)S(=O)[O-])cc2c1. The molecule has 11 heteroatoms. The topological polar surface area (TPSA) is 143 Å². The lowest BCUT2D eigenvalue weighted by molar-refractivity contribution is -0.148. The summed E-state index contributed by atoms with van der Waals surface area (Å²) >= 11 is -2.73. The van der Waals surface area contributed by atoms with Crippen molar-refractivity contribution in [3.8, 4) is 5.75 Å². The second-order valence-corrected chi connectivity index (χ2v) is 11.7. The van der Waals surface area contributed by atoms with Crippen LogP contribution in [0.2, 0.25) is 0 Å². The Balaban J connectivity index is 1.46. The molecule has 3 unspecified atom stereocenters. The minimum absolute atomic E-state index is 0.0469. The Morgan fingerprint density at radius 3 is 2.43 bits per heavy atom. The zero-order valence-corrected chi connectivity index (χ0v) is 24.5. The average Bonchev–Trinajstić information content (AvgIpc) is 3.01. The van der Waals surface area contributed by atoms with Crippen LogP contribution >= 0.6 is 0 Å². The highest BCUT2D eigenvalue weighted by molar-refractivity contribution is 7.80. The van der Waals surface area contributed by atoms with Crippen molar-refractivity contribution in [3.63, 3.8) is 0 Å². The molecule has 3 aromatic rings. The third-order valence-electron chi connectivity index (χ3n) is 8.20. The summed E-state index contributed by atoms with van der Waals surface area (Å²) in [6.45, 7) is 1.64. The Morgan fingerprint density at radius 1 is 1.05 bits per heavy atom. The van der Waals surface area contributed by atoms with Crippen LogP contribution in [-0.4, -0.2) is 75.0 Å². The van der Waals surface area contributed by atoms with Gasteiger partial charge in [-0.2, -0.15) is 0 Å². The zero-order valence-electron chi connectivity index (χ0n) is 23.7. The summed E-state index contributed by atoms with van der Waals surface area (Å²) in [5.41, 5.74) is 7.40. The highest BCUT2D eigenvalue weighted by atomic mass is 32.2. The van der Waals surface area contributed by atoms with Crippen LogP contribution in [0.3, 0.4) is 0 Å². The van der Waals surface area contributed by atoms with Crippen molar-refractivity contribution in [2.75, 3.05) is 31.0 Å². The number of nitrogens with one attached hydrogen (secondary N) is 1. The summed E-state index contributed by atoms with van der Waals surface area (Å²) in [4.78, 5) is 31.5. The number of nitrogens with zero attached hydrogens (tertiary/aromatic N) is 3. The monoisotopic (exact) mass is 590 g/mol. The number of hydrogen-bond acceptors (Lipinski definition) is 6. The fourth-order valence-corrected chi connectivity index (χ4v) is 6.64. The Bertz CT molecular complexity index is 1490. The summed E-state index contributed by atoms with van der Waals surface area (Å²) in [5.74, 6) is 0.0954. The number of anilines is 1. The standard InChI is InChI=1S/C31H37N5O5S/c1-41-26-14-12-22-11-13-25(19-24(22)20-26)36(42(39)40)27-6-5-17-35(31(27)38)28(30(37)34-15-3-2-4-16-34)18-21-7-9-23(10-8-21)29(32)33/h7-14,19-20,27-28H,2-6,15-18H2,1H3,(H3,32,33)(H,39,40)/p-1. The van der Waals surface area contributed by atoms with Crippen LogP contribution < -0.4 is 14.8 Å². The highest BCUT2D eigenvalue weighted by Crippen LogP contribution is 2.31. The van der Waals surface area contributed by atoms with Crippen molar-refractivity contribution in [3.05, 3.63) is 71.8 Å². The van der Waals surface area contributed by atoms with E-state index in [2.05, 4.69) is 0 Å². The summed E-state index contributed by atoms with van der Waals surface area (Å²) in [7, 11) is 1.57. The number of likely N-dealkylation sites (tertiary alicyclic amines) is 2. The molecule has 0 saturated carbocycles. The smallest absolute Gasteiger partial charge is 0.247 e. The molecule has 222 valence electrons. The van der Waals surface area contributed by atoms with Crippen LogP contribution in [0.5, 0.6) is 5.75 Å². The van der Waals surface area contributed by atoms with Crippen molar-refractivity contribution in [2.24, 2.45) is 5.73 Å². The average molecular weight is 591 g/mol. The number of piperidine rings is 2. The first-order valence-electron chi connectivity index (χ1n) is 14.3. The van der Waals surface area contributed by atoms with E-state index in [-0.39, 0.29) is 24.1 Å². The van der Waals surface area contributed by atoms with Gasteiger partial charge in [0.1, 0.15) is 23.7 Å². The number of ether oxygens (including phenoxy) is 1. The molecule has 2 aliphatic rings. The number of nitrogen functional groups attached to an aromatic ring is 1. The van der Waals surface area contributed by atoms with Gasteiger partial charge in [-0.15, -0.1) is 0 Å². The molecule has 2 saturated heterocycles. The minimum atomic E-state index is -2.73. The third-order valence-corrected chi connectivity index (χ3v) is 8.98. The van der Waals surface area contributed by atoms with Crippen molar-refractivity contribution < 1.29 is 23.1 Å². The van der Waals surface area contributed by atoms with E-state index in [1.165, 1.54) is 0 Å². The molecular weight excluding hydrogens is 554 g/mol. The highest BCUT2D eigenvalue weighted by Gasteiger charge is 2.41. The molecular formula is C31H36N5O5S-. The maximum Gasteiger partial charge on any atom is 0.247 e. The van der Waals surface area contributed by atoms with Crippen molar-refractivity contribution in [1.82, 2.24) is 9.80 Å². The van der Waals surface area contributed by atoms with Gasteiger partial charge >= 0.3 is 0 Å². The summed E-state index contributed by atoms with van der Waals surface area (Å²) < 4.78 is 31.8. The fraction of sp³-hybridized carbons (Fsp3) is 0.387. The van der Waals surface area contributed by atoms with Gasteiger partial charge in [0.25, 0.3) is 0 Å². The lowest BCUT2D eigenvalue weighted by Gasteiger charge is -2.43.